The molecule has 0 saturated heterocycles. The van der Waals surface area contributed by atoms with Crippen LogP contribution in [0.25, 0.3) is 11.1 Å². The highest BCUT2D eigenvalue weighted by Crippen LogP contribution is 2.06. The van der Waals surface area contributed by atoms with Gasteiger partial charge in [0.1, 0.15) is 35.4 Å². The van der Waals surface area contributed by atoms with Crippen LogP contribution in [0.3, 0.4) is 0 Å². The standard InChI is InChI=1S/C22H20N4O4/c1-3-29-21(27)7-5-15-9-20(18(13-25)14-26)16(6-8-22(28)30-4-2)10-19(15)17(11-23)12-24/h9-10H,3-8H2,1-2H3. The molecule has 0 saturated carbocycles. The smallest absolute Gasteiger partial charge is 0.306 e. The quantitative estimate of drug-likeness (QED) is 0.584. The van der Waals surface area contributed by atoms with Crippen molar-refractivity contribution < 1.29 is 19.1 Å². The minimum Gasteiger partial charge on any atom is -0.466 e. The van der Waals surface area contributed by atoms with Gasteiger partial charge < -0.3 is 9.47 Å². The Hall–Kier alpha value is -4.14. The maximum atomic E-state index is 11.8. The first-order chi connectivity index (χ1) is 14.4. The van der Waals surface area contributed by atoms with Crippen molar-refractivity contribution in [2.75, 3.05) is 13.2 Å². The summed E-state index contributed by atoms with van der Waals surface area (Å²) in [4.78, 5) is 23.5. The summed E-state index contributed by atoms with van der Waals surface area (Å²) in [5.41, 5.74) is 0.569. The summed E-state index contributed by atoms with van der Waals surface area (Å²) >= 11 is 0. The molecule has 8 heteroatoms. The van der Waals surface area contributed by atoms with Crippen LogP contribution >= 0.6 is 0 Å². The van der Waals surface area contributed by atoms with Crippen LogP contribution in [0.1, 0.15) is 37.8 Å². The first-order valence-corrected chi connectivity index (χ1v) is 9.27. The SMILES string of the molecule is CCOC(=O)CCc1cc(=C(C#N)C#N)c(CCC(=O)OCC)cc1=C(C#N)C#N. The Balaban J connectivity index is 3.70. The van der Waals surface area contributed by atoms with E-state index in [4.69, 9.17) is 9.47 Å². The van der Waals surface area contributed by atoms with E-state index < -0.39 is 11.9 Å². The molecule has 0 radical (unpaired) electrons. The lowest BCUT2D eigenvalue weighted by Gasteiger charge is -2.09. The average Bonchev–Trinajstić information content (AvgIpc) is 2.74. The van der Waals surface area contributed by atoms with Crippen LogP contribution in [0.4, 0.5) is 0 Å². The van der Waals surface area contributed by atoms with Crippen LogP contribution in [0.2, 0.25) is 0 Å². The fourth-order valence-corrected chi connectivity index (χ4v) is 2.80. The summed E-state index contributed by atoms with van der Waals surface area (Å²) in [5.74, 6) is -0.895. The van der Waals surface area contributed by atoms with Crippen LogP contribution in [0.5, 0.6) is 0 Å². The molecule has 1 rings (SSSR count). The second kappa shape index (κ2) is 12.3. The Kier molecular flexibility index (Phi) is 9.83. The van der Waals surface area contributed by atoms with E-state index in [0.717, 1.165) is 0 Å². The molecule has 152 valence electrons. The van der Waals surface area contributed by atoms with Gasteiger partial charge in [-0.05, 0) is 49.9 Å². The molecule has 0 aliphatic carbocycles. The molecule has 0 fully saturated rings. The fourth-order valence-electron chi connectivity index (χ4n) is 2.80. The highest BCUT2D eigenvalue weighted by atomic mass is 16.5. The van der Waals surface area contributed by atoms with Crippen LogP contribution in [0.15, 0.2) is 12.1 Å². The third-order valence-corrected chi connectivity index (χ3v) is 4.12. The maximum Gasteiger partial charge on any atom is 0.306 e. The Morgan fingerprint density at radius 3 is 1.33 bits per heavy atom. The number of carbonyl (C=O) groups is 2. The summed E-state index contributed by atoms with van der Waals surface area (Å²) in [5, 5.41) is 37.9. The summed E-state index contributed by atoms with van der Waals surface area (Å²) in [6.07, 6.45) is 0.300. The molecule has 0 aromatic heterocycles. The van der Waals surface area contributed by atoms with Crippen molar-refractivity contribution in [1.29, 1.82) is 21.0 Å². The van der Waals surface area contributed by atoms with Gasteiger partial charge >= 0.3 is 11.9 Å². The third kappa shape index (κ3) is 6.48. The molecule has 0 spiro atoms. The number of aryl methyl sites for hydroxylation is 2. The molecule has 0 amide bonds. The highest BCUT2D eigenvalue weighted by Gasteiger charge is 2.13. The molecule has 1 aromatic rings. The Morgan fingerprint density at radius 1 is 0.733 bits per heavy atom. The number of hydrogen-bond donors (Lipinski definition) is 0. The molecule has 0 aliphatic rings. The molecule has 30 heavy (non-hydrogen) atoms. The minimum atomic E-state index is -0.448. The third-order valence-electron chi connectivity index (χ3n) is 4.12. The van der Waals surface area contributed by atoms with Crippen LogP contribution < -0.4 is 10.4 Å². The predicted octanol–water partition coefficient (Wildman–Crippen LogP) is 1.07. The average molecular weight is 404 g/mol. The lowest BCUT2D eigenvalue weighted by Crippen LogP contribution is -2.24. The van der Waals surface area contributed by atoms with Gasteiger partial charge in [-0.1, -0.05) is 0 Å². The number of nitriles is 4. The Labute approximate surface area is 174 Å². The molecular formula is C22H20N4O4. The number of ether oxygens (including phenoxy) is 2. The van der Waals surface area contributed by atoms with Crippen molar-refractivity contribution in [3.8, 4) is 24.3 Å². The van der Waals surface area contributed by atoms with Gasteiger partial charge in [0.2, 0.25) is 0 Å². The second-order valence-electron chi connectivity index (χ2n) is 5.97. The Bertz CT molecular complexity index is 987. The van der Waals surface area contributed by atoms with Gasteiger partial charge in [0, 0.05) is 23.3 Å². The molecule has 1 aromatic carbocycles. The van der Waals surface area contributed by atoms with Crippen molar-refractivity contribution in [1.82, 2.24) is 0 Å². The monoisotopic (exact) mass is 404 g/mol. The van der Waals surface area contributed by atoms with E-state index in [-0.39, 0.29) is 50.0 Å². The van der Waals surface area contributed by atoms with E-state index in [2.05, 4.69) is 0 Å². The summed E-state index contributed by atoms with van der Waals surface area (Å²) in [6.45, 7) is 3.80. The number of benzene rings is 1. The van der Waals surface area contributed by atoms with Gasteiger partial charge in [0.25, 0.3) is 0 Å². The minimum absolute atomic E-state index is 0.00102. The number of hydrogen-bond acceptors (Lipinski definition) is 8. The molecule has 0 N–H and O–H groups in total. The topological polar surface area (TPSA) is 148 Å². The predicted molar refractivity (Wildman–Crippen MR) is 105 cm³/mol. The van der Waals surface area contributed by atoms with Crippen molar-refractivity contribution in [3.63, 3.8) is 0 Å². The second-order valence-corrected chi connectivity index (χ2v) is 5.97. The summed E-state index contributed by atoms with van der Waals surface area (Å²) in [7, 11) is 0. The molecule has 8 nitrogen and oxygen atoms in total. The zero-order chi connectivity index (χ0) is 22.5. The van der Waals surface area contributed by atoms with E-state index in [0.29, 0.717) is 21.6 Å². The number of carbonyl (C=O) groups excluding carboxylic acids is 2. The van der Waals surface area contributed by atoms with E-state index in [1.54, 1.807) is 13.8 Å². The first-order valence-electron chi connectivity index (χ1n) is 9.27. The highest BCUT2D eigenvalue weighted by molar-refractivity contribution is 5.77. The van der Waals surface area contributed by atoms with E-state index in [9.17, 15) is 30.6 Å². The van der Waals surface area contributed by atoms with E-state index in [1.807, 2.05) is 24.3 Å². The molecular weight excluding hydrogens is 384 g/mol. The molecule has 0 aliphatic heterocycles. The Morgan fingerprint density at radius 2 is 1.07 bits per heavy atom. The van der Waals surface area contributed by atoms with E-state index >= 15 is 0 Å². The zero-order valence-electron chi connectivity index (χ0n) is 16.8. The normalized spacial score (nSPS) is 9.27. The summed E-state index contributed by atoms with van der Waals surface area (Å²) < 4.78 is 9.82. The first kappa shape index (κ1) is 23.9. The number of rotatable bonds is 8. The van der Waals surface area contributed by atoms with Crippen LogP contribution in [-0.4, -0.2) is 25.2 Å². The summed E-state index contributed by atoms with van der Waals surface area (Å²) in [6, 6.07) is 10.3. The zero-order valence-corrected chi connectivity index (χ0v) is 16.8. The van der Waals surface area contributed by atoms with Gasteiger partial charge in [0.05, 0.1) is 13.2 Å². The van der Waals surface area contributed by atoms with Crippen LogP contribution in [-0.2, 0) is 31.9 Å². The number of esters is 2. The maximum absolute atomic E-state index is 11.8. The van der Waals surface area contributed by atoms with Crippen LogP contribution in [0, 0.1) is 45.3 Å². The van der Waals surface area contributed by atoms with Crippen molar-refractivity contribution >= 4 is 23.1 Å². The molecule has 0 atom stereocenters. The van der Waals surface area contributed by atoms with Gasteiger partial charge in [-0.15, -0.1) is 0 Å². The van der Waals surface area contributed by atoms with Crippen molar-refractivity contribution in [2.24, 2.45) is 0 Å². The molecule has 0 unspecified atom stereocenters. The van der Waals surface area contributed by atoms with Gasteiger partial charge in [-0.2, -0.15) is 21.0 Å². The molecule has 0 heterocycles. The lowest BCUT2D eigenvalue weighted by atomic mass is 9.95. The molecule has 0 bridgehead atoms. The lowest BCUT2D eigenvalue weighted by molar-refractivity contribution is -0.144. The fraction of sp³-hybridized carbons (Fsp3) is 0.364. The largest absolute Gasteiger partial charge is 0.466 e. The van der Waals surface area contributed by atoms with Crippen molar-refractivity contribution in [3.05, 3.63) is 33.7 Å². The van der Waals surface area contributed by atoms with E-state index in [1.165, 1.54) is 12.1 Å². The van der Waals surface area contributed by atoms with Gasteiger partial charge in [-0.3, -0.25) is 9.59 Å². The number of nitrogens with zero attached hydrogens (tertiary/aromatic N) is 4. The van der Waals surface area contributed by atoms with Gasteiger partial charge in [-0.25, -0.2) is 0 Å². The van der Waals surface area contributed by atoms with Gasteiger partial charge in [0.15, 0.2) is 0 Å². The van der Waals surface area contributed by atoms with Crippen molar-refractivity contribution in [2.45, 2.75) is 39.5 Å².